The van der Waals surface area contributed by atoms with Crippen molar-refractivity contribution in [2.75, 3.05) is 26.4 Å². The van der Waals surface area contributed by atoms with E-state index in [0.29, 0.717) is 5.82 Å². The fourth-order valence-electron chi connectivity index (χ4n) is 4.94. The van der Waals surface area contributed by atoms with Crippen LogP contribution in [0.3, 0.4) is 0 Å². The highest BCUT2D eigenvalue weighted by Gasteiger charge is 2.27. The zero-order chi connectivity index (χ0) is 26.5. The lowest BCUT2D eigenvalue weighted by Crippen LogP contribution is -2.40. The van der Waals surface area contributed by atoms with Crippen LogP contribution in [0.25, 0.3) is 22.3 Å². The maximum atomic E-state index is 10.3. The average molecular weight is 514 g/mol. The Hall–Kier alpha value is -3.79. The van der Waals surface area contributed by atoms with Crippen molar-refractivity contribution in [1.82, 2.24) is 30.0 Å². The van der Waals surface area contributed by atoms with E-state index in [1.165, 1.54) is 6.33 Å². The number of aliphatic hydroxyl groups excluding tert-OH is 1. The first-order valence-electron chi connectivity index (χ1n) is 13.1. The van der Waals surface area contributed by atoms with Gasteiger partial charge >= 0.3 is 0 Å². The second kappa shape index (κ2) is 11.7. The number of hydrogen-bond donors (Lipinski definition) is 3. The molecule has 0 amide bonds. The topological polar surface area (TPSA) is 114 Å². The number of anilines is 1. The largest absolute Gasteiger partial charge is 0.457 e. The van der Waals surface area contributed by atoms with E-state index in [1.807, 2.05) is 85.5 Å². The van der Waals surface area contributed by atoms with Crippen LogP contribution in [0.2, 0.25) is 0 Å². The minimum absolute atomic E-state index is 0.195. The predicted molar refractivity (Wildman–Crippen MR) is 150 cm³/mol. The maximum absolute atomic E-state index is 10.3. The summed E-state index contributed by atoms with van der Waals surface area (Å²) in [7, 11) is 4.01. The highest BCUT2D eigenvalue weighted by Crippen LogP contribution is 2.36. The Bertz CT molecular complexity index is 1360. The second-order valence-electron chi connectivity index (χ2n) is 10.00. The molecule has 1 unspecified atom stereocenters. The summed E-state index contributed by atoms with van der Waals surface area (Å²) < 4.78 is 7.96. The number of fused-ring (bicyclic) bond motifs is 1. The monoisotopic (exact) mass is 513 g/mol. The van der Waals surface area contributed by atoms with Gasteiger partial charge in [-0.25, -0.2) is 14.6 Å². The van der Waals surface area contributed by atoms with Gasteiger partial charge in [-0.05, 0) is 82.3 Å². The molecule has 38 heavy (non-hydrogen) atoms. The summed E-state index contributed by atoms with van der Waals surface area (Å²) in [5.74, 6) is 1.95. The van der Waals surface area contributed by atoms with Crippen molar-refractivity contribution in [3.63, 3.8) is 0 Å². The number of para-hydroxylation sites is 1. The molecule has 2 aromatic heterocycles. The Morgan fingerprint density at radius 1 is 1.05 bits per heavy atom. The van der Waals surface area contributed by atoms with Crippen LogP contribution >= 0.6 is 0 Å². The van der Waals surface area contributed by atoms with Gasteiger partial charge in [0.1, 0.15) is 35.6 Å². The summed E-state index contributed by atoms with van der Waals surface area (Å²) in [6, 6.07) is 18.0. The maximum Gasteiger partial charge on any atom is 0.164 e. The molecule has 0 spiro atoms. The van der Waals surface area contributed by atoms with Crippen LogP contribution in [-0.4, -0.2) is 62.7 Å². The van der Waals surface area contributed by atoms with Crippen molar-refractivity contribution in [2.45, 2.75) is 44.0 Å². The van der Waals surface area contributed by atoms with E-state index in [-0.39, 0.29) is 12.1 Å². The van der Waals surface area contributed by atoms with Gasteiger partial charge in [0, 0.05) is 18.2 Å². The summed E-state index contributed by atoms with van der Waals surface area (Å²) in [4.78, 5) is 10.9. The van der Waals surface area contributed by atoms with Crippen LogP contribution < -0.4 is 15.8 Å². The molecule has 0 aliphatic heterocycles. The summed E-state index contributed by atoms with van der Waals surface area (Å²) in [5.41, 5.74) is 8.78. The molecule has 4 aromatic rings. The van der Waals surface area contributed by atoms with E-state index >= 15 is 0 Å². The highest BCUT2D eigenvalue weighted by molar-refractivity contribution is 5.98. The van der Waals surface area contributed by atoms with E-state index < -0.39 is 6.23 Å². The van der Waals surface area contributed by atoms with Gasteiger partial charge in [-0.1, -0.05) is 24.3 Å². The Morgan fingerprint density at radius 3 is 2.47 bits per heavy atom. The van der Waals surface area contributed by atoms with E-state index in [4.69, 9.17) is 15.6 Å². The minimum atomic E-state index is -0.644. The second-order valence-corrected chi connectivity index (χ2v) is 10.00. The molecule has 9 nitrogen and oxygen atoms in total. The number of likely N-dealkylation sites (N-methyl/N-ethyl adjacent to an activating group) is 1. The van der Waals surface area contributed by atoms with Crippen LogP contribution in [0.5, 0.6) is 11.5 Å². The standard InChI is InChI=1S/C29H35N7O2/c1-35(2)18-6-9-25(37)33-21-12-14-22(15-13-21)36-29-26(28(30)31-19-32-29)27(34-36)20-10-16-24(17-11-20)38-23-7-4-3-5-8-23/h3-11,16-17,19,21-22,25,33,37H,12-15,18H2,1-2H3,(H2,30,31,32)/b9-6+/t21-,22+,25?. The van der Waals surface area contributed by atoms with Gasteiger partial charge < -0.3 is 20.5 Å². The van der Waals surface area contributed by atoms with Gasteiger partial charge in [-0.2, -0.15) is 5.10 Å². The van der Waals surface area contributed by atoms with E-state index in [2.05, 4.69) is 20.2 Å². The molecule has 4 N–H and O–H groups in total. The lowest BCUT2D eigenvalue weighted by Gasteiger charge is -2.30. The quantitative estimate of drug-likeness (QED) is 0.223. The third-order valence-corrected chi connectivity index (χ3v) is 6.86. The summed E-state index contributed by atoms with van der Waals surface area (Å²) in [6.45, 7) is 0.800. The zero-order valence-electron chi connectivity index (χ0n) is 21.9. The molecule has 0 bridgehead atoms. The van der Waals surface area contributed by atoms with Crippen LogP contribution in [0.1, 0.15) is 31.7 Å². The molecule has 198 valence electrons. The highest BCUT2D eigenvalue weighted by atomic mass is 16.5. The van der Waals surface area contributed by atoms with Gasteiger partial charge in [0.2, 0.25) is 0 Å². The van der Waals surface area contributed by atoms with Gasteiger partial charge in [0.05, 0.1) is 11.4 Å². The molecule has 2 heterocycles. The number of aliphatic hydroxyl groups is 1. The Kier molecular flexibility index (Phi) is 7.97. The zero-order valence-corrected chi connectivity index (χ0v) is 21.9. The van der Waals surface area contributed by atoms with Gasteiger partial charge in [-0.15, -0.1) is 0 Å². The first-order chi connectivity index (χ1) is 18.5. The predicted octanol–water partition coefficient (Wildman–Crippen LogP) is 4.38. The fraction of sp³-hybridized carbons (Fsp3) is 0.345. The minimum Gasteiger partial charge on any atom is -0.457 e. The molecule has 1 saturated carbocycles. The van der Waals surface area contributed by atoms with Crippen molar-refractivity contribution in [2.24, 2.45) is 0 Å². The molecule has 1 fully saturated rings. The number of aromatic nitrogens is 4. The molecular formula is C29H35N7O2. The SMILES string of the molecule is CN(C)C/C=C/C(O)N[C@H]1CC[C@@H](n2nc(-c3ccc(Oc4ccccc4)cc3)c3c(N)ncnc32)CC1. The summed E-state index contributed by atoms with van der Waals surface area (Å²) >= 11 is 0. The summed E-state index contributed by atoms with van der Waals surface area (Å²) in [5, 5.41) is 19.4. The van der Waals surface area contributed by atoms with Crippen molar-refractivity contribution < 1.29 is 9.84 Å². The molecule has 2 aromatic carbocycles. The molecule has 0 saturated heterocycles. The lowest BCUT2D eigenvalue weighted by atomic mass is 9.91. The number of benzene rings is 2. The molecule has 1 aliphatic carbocycles. The molecule has 5 rings (SSSR count). The third-order valence-electron chi connectivity index (χ3n) is 6.86. The van der Waals surface area contributed by atoms with Crippen molar-refractivity contribution in [3.05, 3.63) is 73.1 Å². The van der Waals surface area contributed by atoms with E-state index in [1.54, 1.807) is 0 Å². The van der Waals surface area contributed by atoms with E-state index in [0.717, 1.165) is 66.0 Å². The van der Waals surface area contributed by atoms with Gasteiger partial charge in [-0.3, -0.25) is 5.32 Å². The number of hydrogen-bond acceptors (Lipinski definition) is 8. The fourth-order valence-corrected chi connectivity index (χ4v) is 4.94. The van der Waals surface area contributed by atoms with Crippen LogP contribution in [0.4, 0.5) is 5.82 Å². The molecule has 9 heteroatoms. The Labute approximate surface area is 223 Å². The first kappa shape index (κ1) is 25.8. The number of nitrogens with two attached hydrogens (primary N) is 1. The van der Waals surface area contributed by atoms with Gasteiger partial charge in [0.25, 0.3) is 0 Å². The lowest BCUT2D eigenvalue weighted by molar-refractivity contribution is 0.146. The van der Waals surface area contributed by atoms with Crippen LogP contribution in [0, 0.1) is 0 Å². The molecule has 0 radical (unpaired) electrons. The molecule has 1 aliphatic rings. The van der Waals surface area contributed by atoms with Gasteiger partial charge in [0.15, 0.2) is 5.65 Å². The van der Waals surface area contributed by atoms with Crippen molar-refractivity contribution in [1.29, 1.82) is 0 Å². The number of nitrogen functional groups attached to an aromatic ring is 1. The van der Waals surface area contributed by atoms with Crippen LogP contribution in [-0.2, 0) is 0 Å². The third kappa shape index (κ3) is 6.02. The number of nitrogens with zero attached hydrogens (tertiary/aromatic N) is 5. The Morgan fingerprint density at radius 2 is 1.76 bits per heavy atom. The van der Waals surface area contributed by atoms with Crippen molar-refractivity contribution in [3.8, 4) is 22.8 Å². The summed E-state index contributed by atoms with van der Waals surface area (Å²) in [6.07, 6.45) is 8.37. The molecule has 1 atom stereocenters. The smallest absolute Gasteiger partial charge is 0.164 e. The number of ether oxygens (including phenoxy) is 1. The Balaban J connectivity index is 1.31. The average Bonchev–Trinajstić information content (AvgIpc) is 3.31. The van der Waals surface area contributed by atoms with Crippen LogP contribution in [0.15, 0.2) is 73.1 Å². The molecular weight excluding hydrogens is 478 g/mol. The normalized spacial score (nSPS) is 18.8. The van der Waals surface area contributed by atoms with Crippen molar-refractivity contribution >= 4 is 16.9 Å². The number of rotatable bonds is 9. The first-order valence-corrected chi connectivity index (χ1v) is 13.1. The number of nitrogens with one attached hydrogen (secondary N) is 1. The van der Waals surface area contributed by atoms with E-state index in [9.17, 15) is 5.11 Å².